The number of anilines is 1. The maximum Gasteiger partial charge on any atom is 0.327 e. The topological polar surface area (TPSA) is 95.5 Å². The van der Waals surface area contributed by atoms with E-state index in [1.54, 1.807) is 24.3 Å². The van der Waals surface area contributed by atoms with Gasteiger partial charge in [0.05, 0.1) is 16.0 Å². The molecule has 2 rings (SSSR count). The maximum absolute atomic E-state index is 11.9. The van der Waals surface area contributed by atoms with Crippen LogP contribution in [0.1, 0.15) is 6.42 Å². The summed E-state index contributed by atoms with van der Waals surface area (Å²) in [6.45, 7) is 0. The SMILES string of the molecule is O=C(C[C@@H]1SC[C@@H](C(=O)O)NC1=O)Nc1ccccc1Cl. The first kappa shape index (κ1) is 15.7. The zero-order chi connectivity index (χ0) is 15.4. The monoisotopic (exact) mass is 328 g/mol. The van der Waals surface area contributed by atoms with Gasteiger partial charge in [0.15, 0.2) is 0 Å². The Hall–Kier alpha value is -1.73. The highest BCUT2D eigenvalue weighted by molar-refractivity contribution is 8.00. The number of amides is 2. The number of carbonyl (C=O) groups is 3. The van der Waals surface area contributed by atoms with Crippen molar-refractivity contribution >= 4 is 46.8 Å². The Kier molecular flexibility index (Phi) is 5.08. The summed E-state index contributed by atoms with van der Waals surface area (Å²) >= 11 is 7.09. The standard InChI is InChI=1S/C13H13ClN2O4S/c14-7-3-1-2-4-8(7)15-11(17)5-10-12(18)16-9(6-21-10)13(19)20/h1-4,9-10H,5-6H2,(H,15,17)(H,16,18)(H,19,20)/t9-,10-/m0/s1. The predicted octanol–water partition coefficient (Wildman–Crippen LogP) is 1.35. The van der Waals surface area contributed by atoms with Crippen molar-refractivity contribution in [2.45, 2.75) is 17.7 Å². The molecular weight excluding hydrogens is 316 g/mol. The second-order valence-electron chi connectivity index (χ2n) is 4.45. The van der Waals surface area contributed by atoms with Gasteiger partial charge in [0.1, 0.15) is 6.04 Å². The number of rotatable bonds is 4. The summed E-state index contributed by atoms with van der Waals surface area (Å²) in [7, 11) is 0. The molecule has 112 valence electrons. The number of aliphatic carboxylic acids is 1. The van der Waals surface area contributed by atoms with Gasteiger partial charge in [-0.3, -0.25) is 9.59 Å². The average Bonchev–Trinajstić information content (AvgIpc) is 2.43. The molecule has 2 amide bonds. The second-order valence-corrected chi connectivity index (χ2v) is 6.10. The number of para-hydroxylation sites is 1. The van der Waals surface area contributed by atoms with Crippen LogP contribution in [-0.2, 0) is 14.4 Å². The van der Waals surface area contributed by atoms with Gasteiger partial charge in [-0.05, 0) is 12.1 Å². The van der Waals surface area contributed by atoms with Gasteiger partial charge in [-0.2, -0.15) is 0 Å². The fourth-order valence-electron chi connectivity index (χ4n) is 1.81. The van der Waals surface area contributed by atoms with E-state index < -0.39 is 23.2 Å². The fraction of sp³-hybridized carbons (Fsp3) is 0.308. The maximum atomic E-state index is 11.9. The molecular formula is C13H13ClN2O4S. The quantitative estimate of drug-likeness (QED) is 0.775. The predicted molar refractivity (Wildman–Crippen MR) is 80.5 cm³/mol. The lowest BCUT2D eigenvalue weighted by Crippen LogP contribution is -2.51. The summed E-state index contributed by atoms with van der Waals surface area (Å²) in [6, 6.07) is 5.89. The van der Waals surface area contributed by atoms with Crippen LogP contribution in [0.5, 0.6) is 0 Å². The third kappa shape index (κ3) is 4.12. The molecule has 0 radical (unpaired) electrons. The number of hydrogen-bond donors (Lipinski definition) is 3. The molecule has 0 bridgehead atoms. The molecule has 8 heteroatoms. The van der Waals surface area contributed by atoms with E-state index >= 15 is 0 Å². The van der Waals surface area contributed by atoms with Gasteiger partial charge in [0.2, 0.25) is 11.8 Å². The number of thioether (sulfide) groups is 1. The van der Waals surface area contributed by atoms with Crippen LogP contribution in [0.3, 0.4) is 0 Å². The molecule has 1 aromatic rings. The van der Waals surface area contributed by atoms with E-state index in [-0.39, 0.29) is 18.1 Å². The molecule has 0 unspecified atom stereocenters. The minimum Gasteiger partial charge on any atom is -0.480 e. The number of carboxylic acids is 1. The number of carbonyl (C=O) groups excluding carboxylic acids is 2. The van der Waals surface area contributed by atoms with Crippen LogP contribution in [0.15, 0.2) is 24.3 Å². The molecule has 1 aliphatic rings. The summed E-state index contributed by atoms with van der Waals surface area (Å²) in [5.74, 6) is -1.61. The van der Waals surface area contributed by atoms with E-state index in [0.29, 0.717) is 10.7 Å². The van der Waals surface area contributed by atoms with Crippen LogP contribution in [-0.4, -0.2) is 39.9 Å². The first-order chi connectivity index (χ1) is 9.97. The molecule has 1 saturated heterocycles. The lowest BCUT2D eigenvalue weighted by atomic mass is 10.2. The van der Waals surface area contributed by atoms with Crippen molar-refractivity contribution in [3.05, 3.63) is 29.3 Å². The van der Waals surface area contributed by atoms with Gasteiger partial charge >= 0.3 is 5.97 Å². The van der Waals surface area contributed by atoms with E-state index in [1.165, 1.54) is 0 Å². The van der Waals surface area contributed by atoms with Crippen molar-refractivity contribution in [3.63, 3.8) is 0 Å². The van der Waals surface area contributed by atoms with Crippen molar-refractivity contribution in [2.24, 2.45) is 0 Å². The van der Waals surface area contributed by atoms with Crippen molar-refractivity contribution in [2.75, 3.05) is 11.1 Å². The molecule has 2 atom stereocenters. The summed E-state index contributed by atoms with van der Waals surface area (Å²) in [5.41, 5.74) is 0.480. The first-order valence-electron chi connectivity index (χ1n) is 6.16. The molecule has 0 aliphatic carbocycles. The Labute approximate surface area is 130 Å². The second kappa shape index (κ2) is 6.82. The van der Waals surface area contributed by atoms with Crippen molar-refractivity contribution in [3.8, 4) is 0 Å². The molecule has 6 nitrogen and oxygen atoms in total. The third-order valence-electron chi connectivity index (χ3n) is 2.89. The first-order valence-corrected chi connectivity index (χ1v) is 7.59. The number of carboxylic acid groups (broad SMARTS) is 1. The van der Waals surface area contributed by atoms with E-state index in [1.807, 2.05) is 0 Å². The van der Waals surface area contributed by atoms with Crippen LogP contribution in [0.2, 0.25) is 5.02 Å². The summed E-state index contributed by atoms with van der Waals surface area (Å²) in [6.07, 6.45) is -0.0337. The number of benzene rings is 1. The highest BCUT2D eigenvalue weighted by Crippen LogP contribution is 2.24. The fourth-order valence-corrected chi connectivity index (χ4v) is 3.13. The number of nitrogens with one attached hydrogen (secondary N) is 2. The third-order valence-corrected chi connectivity index (χ3v) is 4.53. The van der Waals surface area contributed by atoms with E-state index in [9.17, 15) is 14.4 Å². The molecule has 1 aliphatic heterocycles. The molecule has 1 heterocycles. The van der Waals surface area contributed by atoms with Gasteiger partial charge < -0.3 is 15.7 Å². The lowest BCUT2D eigenvalue weighted by molar-refractivity contribution is -0.141. The van der Waals surface area contributed by atoms with Crippen LogP contribution in [0, 0.1) is 0 Å². The zero-order valence-electron chi connectivity index (χ0n) is 10.8. The molecule has 3 N–H and O–H groups in total. The molecule has 0 saturated carbocycles. The summed E-state index contributed by atoms with van der Waals surface area (Å²) in [4.78, 5) is 34.5. The number of hydrogen-bond acceptors (Lipinski definition) is 4. The highest BCUT2D eigenvalue weighted by atomic mass is 35.5. The van der Waals surface area contributed by atoms with Gasteiger partial charge in [-0.25, -0.2) is 4.79 Å². The Morgan fingerprint density at radius 1 is 1.43 bits per heavy atom. The molecule has 1 fully saturated rings. The lowest BCUT2D eigenvalue weighted by Gasteiger charge is -2.25. The van der Waals surface area contributed by atoms with E-state index in [2.05, 4.69) is 10.6 Å². The van der Waals surface area contributed by atoms with E-state index in [4.69, 9.17) is 16.7 Å². The van der Waals surface area contributed by atoms with Crippen molar-refractivity contribution in [1.29, 1.82) is 0 Å². The smallest absolute Gasteiger partial charge is 0.327 e. The molecule has 0 spiro atoms. The molecule has 21 heavy (non-hydrogen) atoms. The van der Waals surface area contributed by atoms with Gasteiger partial charge in [0, 0.05) is 12.2 Å². The minimum atomic E-state index is -1.07. The molecule has 0 aromatic heterocycles. The van der Waals surface area contributed by atoms with Crippen molar-refractivity contribution < 1.29 is 19.5 Å². The summed E-state index contributed by atoms with van der Waals surface area (Å²) < 4.78 is 0. The zero-order valence-corrected chi connectivity index (χ0v) is 12.4. The number of halogens is 1. The van der Waals surface area contributed by atoms with Crippen LogP contribution >= 0.6 is 23.4 Å². The highest BCUT2D eigenvalue weighted by Gasteiger charge is 2.33. The van der Waals surface area contributed by atoms with E-state index in [0.717, 1.165) is 11.8 Å². The Balaban J connectivity index is 1.90. The molecule has 1 aromatic carbocycles. The minimum absolute atomic E-state index is 0.0337. The summed E-state index contributed by atoms with van der Waals surface area (Å²) in [5, 5.41) is 13.7. The Morgan fingerprint density at radius 3 is 2.76 bits per heavy atom. The van der Waals surface area contributed by atoms with Gasteiger partial charge in [-0.1, -0.05) is 23.7 Å². The Morgan fingerprint density at radius 2 is 2.14 bits per heavy atom. The van der Waals surface area contributed by atoms with Crippen molar-refractivity contribution in [1.82, 2.24) is 5.32 Å². The largest absolute Gasteiger partial charge is 0.480 e. The average molecular weight is 329 g/mol. The van der Waals surface area contributed by atoms with Crippen LogP contribution < -0.4 is 10.6 Å². The van der Waals surface area contributed by atoms with Gasteiger partial charge in [-0.15, -0.1) is 11.8 Å². The van der Waals surface area contributed by atoms with Crippen LogP contribution in [0.25, 0.3) is 0 Å². The van der Waals surface area contributed by atoms with Gasteiger partial charge in [0.25, 0.3) is 0 Å². The Bertz CT molecular complexity index is 581. The van der Waals surface area contributed by atoms with Crippen LogP contribution in [0.4, 0.5) is 5.69 Å². The normalized spacial score (nSPS) is 21.5.